The fourth-order valence-corrected chi connectivity index (χ4v) is 2.55. The van der Waals surface area contributed by atoms with Crippen LogP contribution in [0.3, 0.4) is 0 Å². The number of hydrogen-bond donors (Lipinski definition) is 0. The van der Waals surface area contributed by atoms with Crippen molar-refractivity contribution >= 4 is 16.7 Å². The molecule has 0 amide bonds. The van der Waals surface area contributed by atoms with Crippen LogP contribution in [0.5, 0.6) is 0 Å². The van der Waals surface area contributed by atoms with Crippen LogP contribution in [0.1, 0.15) is 34.3 Å². The predicted molar refractivity (Wildman–Crippen MR) is 83.7 cm³/mol. The Balaban J connectivity index is 1.82. The van der Waals surface area contributed by atoms with Gasteiger partial charge in [0.15, 0.2) is 0 Å². The summed E-state index contributed by atoms with van der Waals surface area (Å²) in [6, 6.07) is 14.0. The summed E-state index contributed by atoms with van der Waals surface area (Å²) < 4.78 is 10.5. The highest BCUT2D eigenvalue weighted by Crippen LogP contribution is 2.21. The predicted octanol–water partition coefficient (Wildman–Crippen LogP) is 4.06. The summed E-state index contributed by atoms with van der Waals surface area (Å²) in [5.41, 5.74) is 2.07. The lowest BCUT2D eigenvalue weighted by atomic mass is 10.1. The molecule has 0 N–H and O–H groups in total. The Bertz CT molecular complexity index is 815. The Hall–Kier alpha value is -2.62. The molecule has 2 aromatic carbocycles. The fourth-order valence-electron chi connectivity index (χ4n) is 2.55. The van der Waals surface area contributed by atoms with Crippen LogP contribution >= 0.6 is 0 Å². The van der Waals surface area contributed by atoms with Crippen molar-refractivity contribution in [2.75, 3.05) is 0 Å². The van der Waals surface area contributed by atoms with Crippen molar-refractivity contribution in [3.63, 3.8) is 0 Å². The summed E-state index contributed by atoms with van der Waals surface area (Å²) in [6.45, 7) is 3.88. The number of fused-ring (bicyclic) bond motifs is 1. The molecule has 0 aliphatic heterocycles. The van der Waals surface area contributed by atoms with Gasteiger partial charge in [-0.2, -0.15) is 0 Å². The molecule has 1 heterocycles. The molecule has 3 rings (SSSR count). The number of aryl methyl sites for hydroxylation is 2. The van der Waals surface area contributed by atoms with E-state index in [0.29, 0.717) is 23.4 Å². The lowest BCUT2D eigenvalue weighted by Crippen LogP contribution is -2.08. The van der Waals surface area contributed by atoms with Crippen LogP contribution < -0.4 is 0 Å². The van der Waals surface area contributed by atoms with Crippen molar-refractivity contribution in [2.24, 2.45) is 0 Å². The molecule has 0 fully saturated rings. The highest BCUT2D eigenvalue weighted by molar-refractivity contribution is 5.92. The van der Waals surface area contributed by atoms with E-state index in [-0.39, 0.29) is 12.6 Å². The van der Waals surface area contributed by atoms with E-state index in [2.05, 4.69) is 5.16 Å². The van der Waals surface area contributed by atoms with Gasteiger partial charge in [0.2, 0.25) is 0 Å². The number of carbonyl (C=O) groups is 1. The van der Waals surface area contributed by atoms with Crippen molar-refractivity contribution in [3.05, 3.63) is 65.0 Å². The largest absolute Gasteiger partial charge is 0.457 e. The summed E-state index contributed by atoms with van der Waals surface area (Å²) in [5.74, 6) is 0.114. The second kappa shape index (κ2) is 6.02. The average molecular weight is 295 g/mol. The maximum atomic E-state index is 12.3. The van der Waals surface area contributed by atoms with Gasteiger partial charge in [0.1, 0.15) is 17.9 Å². The molecule has 0 unspecified atom stereocenters. The molecule has 3 aromatic rings. The molecule has 22 heavy (non-hydrogen) atoms. The monoisotopic (exact) mass is 295 g/mol. The lowest BCUT2D eigenvalue weighted by Gasteiger charge is -2.08. The number of carbonyl (C=O) groups excluding carboxylic acids is 1. The van der Waals surface area contributed by atoms with Crippen LogP contribution in [0.2, 0.25) is 0 Å². The topological polar surface area (TPSA) is 52.3 Å². The van der Waals surface area contributed by atoms with Gasteiger partial charge in [-0.25, -0.2) is 4.79 Å². The lowest BCUT2D eigenvalue weighted by molar-refractivity contribution is 0.0471. The Labute approximate surface area is 128 Å². The Morgan fingerprint density at radius 1 is 1.18 bits per heavy atom. The third-order valence-electron chi connectivity index (χ3n) is 3.71. The molecule has 0 radical (unpaired) electrons. The number of aromatic nitrogens is 1. The highest BCUT2D eigenvalue weighted by atomic mass is 16.5. The smallest absolute Gasteiger partial charge is 0.344 e. The van der Waals surface area contributed by atoms with E-state index in [1.54, 1.807) is 6.92 Å². The van der Waals surface area contributed by atoms with E-state index in [4.69, 9.17) is 9.26 Å². The van der Waals surface area contributed by atoms with Crippen molar-refractivity contribution in [1.29, 1.82) is 0 Å². The molecule has 0 spiro atoms. The zero-order chi connectivity index (χ0) is 15.5. The van der Waals surface area contributed by atoms with E-state index in [1.165, 1.54) is 0 Å². The molecule has 0 aliphatic rings. The second-order valence-electron chi connectivity index (χ2n) is 5.13. The zero-order valence-corrected chi connectivity index (χ0v) is 12.6. The first-order chi connectivity index (χ1) is 10.7. The summed E-state index contributed by atoms with van der Waals surface area (Å²) in [5, 5.41) is 6.11. The van der Waals surface area contributed by atoms with Crippen LogP contribution in [-0.2, 0) is 17.8 Å². The Kier molecular flexibility index (Phi) is 3.92. The molecule has 0 atom stereocenters. The third-order valence-corrected chi connectivity index (χ3v) is 3.71. The fraction of sp³-hybridized carbons (Fsp3) is 0.222. The molecule has 4 heteroatoms. The summed E-state index contributed by atoms with van der Waals surface area (Å²) in [7, 11) is 0. The molecule has 0 saturated heterocycles. The normalized spacial score (nSPS) is 10.8. The number of esters is 1. The second-order valence-corrected chi connectivity index (χ2v) is 5.13. The Morgan fingerprint density at radius 3 is 2.77 bits per heavy atom. The number of nitrogens with zero attached hydrogens (tertiary/aromatic N) is 1. The molecule has 0 saturated carbocycles. The molecular weight excluding hydrogens is 278 g/mol. The standard InChI is InChI=1S/C18H17NO3/c1-3-16-17(12(2)22-19-16)18(20)21-11-14-9-6-8-13-7-4-5-10-15(13)14/h4-10H,3,11H2,1-2H3. The van der Waals surface area contributed by atoms with Crippen LogP contribution in [0.25, 0.3) is 10.8 Å². The van der Waals surface area contributed by atoms with Crippen molar-refractivity contribution in [2.45, 2.75) is 26.9 Å². The average Bonchev–Trinajstić information content (AvgIpc) is 2.93. The maximum absolute atomic E-state index is 12.3. The SMILES string of the molecule is CCc1noc(C)c1C(=O)OCc1cccc2ccccc12. The first-order valence-corrected chi connectivity index (χ1v) is 7.29. The number of hydrogen-bond acceptors (Lipinski definition) is 4. The van der Waals surface area contributed by atoms with Gasteiger partial charge in [0, 0.05) is 0 Å². The van der Waals surface area contributed by atoms with Gasteiger partial charge in [-0.1, -0.05) is 54.5 Å². The minimum atomic E-state index is -0.386. The van der Waals surface area contributed by atoms with Crippen molar-refractivity contribution < 1.29 is 14.1 Å². The van der Waals surface area contributed by atoms with E-state index in [0.717, 1.165) is 16.3 Å². The molecule has 0 bridgehead atoms. The summed E-state index contributed by atoms with van der Waals surface area (Å²) in [4.78, 5) is 12.3. The van der Waals surface area contributed by atoms with Crippen LogP contribution in [0, 0.1) is 6.92 Å². The van der Waals surface area contributed by atoms with Crippen LogP contribution in [0.15, 0.2) is 47.0 Å². The zero-order valence-electron chi connectivity index (χ0n) is 12.6. The van der Waals surface area contributed by atoms with E-state index in [1.807, 2.05) is 49.4 Å². The van der Waals surface area contributed by atoms with Gasteiger partial charge in [0.05, 0.1) is 5.69 Å². The molecular formula is C18H17NO3. The van der Waals surface area contributed by atoms with Crippen molar-refractivity contribution in [3.8, 4) is 0 Å². The molecule has 112 valence electrons. The number of rotatable bonds is 4. The number of ether oxygens (including phenoxy) is 1. The first-order valence-electron chi connectivity index (χ1n) is 7.29. The van der Waals surface area contributed by atoms with Gasteiger partial charge < -0.3 is 9.26 Å². The van der Waals surface area contributed by atoms with Gasteiger partial charge in [0.25, 0.3) is 0 Å². The maximum Gasteiger partial charge on any atom is 0.344 e. The molecule has 0 aliphatic carbocycles. The third kappa shape index (κ3) is 2.60. The van der Waals surface area contributed by atoms with E-state index >= 15 is 0 Å². The van der Waals surface area contributed by atoms with E-state index < -0.39 is 0 Å². The summed E-state index contributed by atoms with van der Waals surface area (Å²) >= 11 is 0. The van der Waals surface area contributed by atoms with Crippen molar-refractivity contribution in [1.82, 2.24) is 5.16 Å². The minimum Gasteiger partial charge on any atom is -0.457 e. The minimum absolute atomic E-state index is 0.230. The summed E-state index contributed by atoms with van der Waals surface area (Å²) in [6.07, 6.45) is 0.635. The van der Waals surface area contributed by atoms with E-state index in [9.17, 15) is 4.79 Å². The highest BCUT2D eigenvalue weighted by Gasteiger charge is 2.20. The van der Waals surface area contributed by atoms with Gasteiger partial charge in [-0.3, -0.25) is 0 Å². The van der Waals surface area contributed by atoms with Gasteiger partial charge in [-0.15, -0.1) is 0 Å². The quantitative estimate of drug-likeness (QED) is 0.681. The van der Waals surface area contributed by atoms with Crippen LogP contribution in [-0.4, -0.2) is 11.1 Å². The van der Waals surface area contributed by atoms with Gasteiger partial charge in [-0.05, 0) is 29.7 Å². The molecule has 1 aromatic heterocycles. The molecule has 4 nitrogen and oxygen atoms in total. The van der Waals surface area contributed by atoms with Crippen LogP contribution in [0.4, 0.5) is 0 Å². The Morgan fingerprint density at radius 2 is 1.95 bits per heavy atom. The van der Waals surface area contributed by atoms with Gasteiger partial charge >= 0.3 is 5.97 Å². The first kappa shape index (κ1) is 14.3. The number of benzene rings is 2.